The van der Waals surface area contributed by atoms with Crippen molar-refractivity contribution in [1.82, 2.24) is 10.0 Å². The number of ether oxygens (including phenoxy) is 1. The third kappa shape index (κ3) is 1.89. The lowest BCUT2D eigenvalue weighted by Gasteiger charge is -2.21. The van der Waals surface area contributed by atoms with Crippen LogP contribution in [0.1, 0.15) is 12.8 Å². The number of esters is 1. The first kappa shape index (κ1) is 11.3. The van der Waals surface area contributed by atoms with Gasteiger partial charge in [0.2, 0.25) is 0 Å². The molecule has 4 bridgehead atoms. The normalized spacial score (nSPS) is 38.9. The van der Waals surface area contributed by atoms with Crippen LogP contribution in [0.2, 0.25) is 0 Å². The molecular weight excluding hydrogens is 244 g/mol. The molecule has 4 rings (SSSR count). The molecule has 2 fully saturated rings. The minimum atomic E-state index is -0.0308. The van der Waals surface area contributed by atoms with Gasteiger partial charge < -0.3 is 4.74 Å². The number of hydrogen-bond acceptors (Lipinski definition) is 6. The second-order valence-electron chi connectivity index (χ2n) is 5.91. The summed E-state index contributed by atoms with van der Waals surface area (Å²) in [6, 6.07) is 0. The Morgan fingerprint density at radius 3 is 2.42 bits per heavy atom. The summed E-state index contributed by atoms with van der Waals surface area (Å²) in [6.07, 6.45) is 5.71. The van der Waals surface area contributed by atoms with E-state index >= 15 is 0 Å². The summed E-state index contributed by atoms with van der Waals surface area (Å²) >= 11 is 0. The Bertz CT molecular complexity index is 450. The van der Waals surface area contributed by atoms with Crippen molar-refractivity contribution in [1.29, 1.82) is 0 Å². The lowest BCUT2D eigenvalue weighted by Crippen LogP contribution is -2.32. The van der Waals surface area contributed by atoms with E-state index in [9.17, 15) is 4.79 Å². The van der Waals surface area contributed by atoms with Gasteiger partial charge in [0, 0.05) is 38.0 Å². The van der Waals surface area contributed by atoms with Gasteiger partial charge in [0.1, 0.15) is 6.10 Å². The number of carbonyl (C=O) groups excluding carboxylic acids is 1. The predicted octanol–water partition coefficient (Wildman–Crippen LogP) is 0.157. The van der Waals surface area contributed by atoms with E-state index < -0.39 is 0 Å². The van der Waals surface area contributed by atoms with Gasteiger partial charge in [0.15, 0.2) is 0 Å². The lowest BCUT2D eigenvalue weighted by atomic mass is 9.93. The van der Waals surface area contributed by atoms with Gasteiger partial charge >= 0.3 is 5.97 Å². The number of nitrogens with zero attached hydrogens (tertiary/aromatic N) is 4. The van der Waals surface area contributed by atoms with Crippen LogP contribution in [0.4, 0.5) is 0 Å². The second-order valence-corrected chi connectivity index (χ2v) is 5.91. The van der Waals surface area contributed by atoms with E-state index in [0.29, 0.717) is 11.8 Å². The number of hydrogen-bond donors (Lipinski definition) is 0. The number of carbonyl (C=O) groups is 1. The van der Waals surface area contributed by atoms with Crippen LogP contribution in [0, 0.1) is 17.8 Å². The number of rotatable bonds is 2. The average Bonchev–Trinajstić information content (AvgIpc) is 2.87. The highest BCUT2D eigenvalue weighted by Gasteiger charge is 2.43. The Morgan fingerprint density at radius 1 is 1.00 bits per heavy atom. The SMILES string of the molecule is O=C(OC1CN2CC1CC=N2)C1CN2CC1CC=N2. The van der Waals surface area contributed by atoms with Crippen LogP contribution in [0.5, 0.6) is 0 Å². The molecule has 0 aromatic heterocycles. The molecule has 0 amide bonds. The van der Waals surface area contributed by atoms with Gasteiger partial charge in [-0.2, -0.15) is 10.2 Å². The molecule has 6 heteroatoms. The summed E-state index contributed by atoms with van der Waals surface area (Å²) in [4.78, 5) is 12.4. The van der Waals surface area contributed by atoms with Crippen molar-refractivity contribution in [3.63, 3.8) is 0 Å². The van der Waals surface area contributed by atoms with Crippen LogP contribution in [0.15, 0.2) is 10.2 Å². The molecule has 102 valence electrons. The lowest BCUT2D eigenvalue weighted by molar-refractivity contribution is -0.155. The minimum Gasteiger partial charge on any atom is -0.460 e. The third-order valence-corrected chi connectivity index (χ3v) is 4.66. The smallest absolute Gasteiger partial charge is 0.311 e. The van der Waals surface area contributed by atoms with E-state index in [0.717, 1.165) is 39.0 Å². The monoisotopic (exact) mass is 262 g/mol. The van der Waals surface area contributed by atoms with E-state index in [1.165, 1.54) is 0 Å². The maximum atomic E-state index is 12.4. The van der Waals surface area contributed by atoms with E-state index in [4.69, 9.17) is 4.74 Å². The molecule has 4 aliphatic heterocycles. The van der Waals surface area contributed by atoms with Crippen molar-refractivity contribution in [2.75, 3.05) is 26.2 Å². The standard InChI is InChI=1S/C13H18N4O2/c18-13(11-7-16-5-9(11)1-3-14-16)19-12-8-17-6-10(12)2-4-15-17/h3-4,9-12H,1-2,5-8H2. The maximum Gasteiger partial charge on any atom is 0.311 e. The van der Waals surface area contributed by atoms with Gasteiger partial charge in [0.25, 0.3) is 0 Å². The molecule has 0 N–H and O–H groups in total. The minimum absolute atomic E-state index is 0.00104. The molecule has 0 aromatic rings. The van der Waals surface area contributed by atoms with Crippen LogP contribution in [0.25, 0.3) is 0 Å². The maximum absolute atomic E-state index is 12.4. The van der Waals surface area contributed by atoms with Crippen molar-refractivity contribution >= 4 is 18.4 Å². The first-order valence-electron chi connectivity index (χ1n) is 7.05. The van der Waals surface area contributed by atoms with Crippen molar-refractivity contribution < 1.29 is 9.53 Å². The molecular formula is C13H18N4O2. The molecule has 0 radical (unpaired) electrons. The van der Waals surface area contributed by atoms with Crippen LogP contribution >= 0.6 is 0 Å². The number of fused-ring (bicyclic) bond motifs is 4. The first-order valence-corrected chi connectivity index (χ1v) is 7.05. The zero-order valence-corrected chi connectivity index (χ0v) is 10.8. The molecule has 0 aliphatic carbocycles. The molecule has 4 unspecified atom stereocenters. The van der Waals surface area contributed by atoms with Crippen molar-refractivity contribution in [3.8, 4) is 0 Å². The van der Waals surface area contributed by atoms with Crippen LogP contribution in [-0.2, 0) is 9.53 Å². The summed E-state index contributed by atoms with van der Waals surface area (Å²) in [6.45, 7) is 3.31. The van der Waals surface area contributed by atoms with E-state index in [2.05, 4.69) is 10.2 Å². The van der Waals surface area contributed by atoms with Gasteiger partial charge in [0.05, 0.1) is 12.5 Å². The van der Waals surface area contributed by atoms with Gasteiger partial charge in [-0.3, -0.25) is 14.8 Å². The Balaban J connectivity index is 1.40. The highest BCUT2D eigenvalue weighted by Crippen LogP contribution is 2.32. The van der Waals surface area contributed by atoms with E-state index in [1.807, 2.05) is 22.4 Å². The Hall–Kier alpha value is -1.59. The average molecular weight is 262 g/mol. The molecule has 6 nitrogen and oxygen atoms in total. The zero-order chi connectivity index (χ0) is 12.8. The fourth-order valence-electron chi connectivity index (χ4n) is 3.55. The molecule has 2 saturated heterocycles. The Kier molecular flexibility index (Phi) is 2.50. The third-order valence-electron chi connectivity index (χ3n) is 4.66. The first-order chi connectivity index (χ1) is 9.29. The topological polar surface area (TPSA) is 57.5 Å². The highest BCUT2D eigenvalue weighted by molar-refractivity contribution is 5.75. The van der Waals surface area contributed by atoms with Gasteiger partial charge in [-0.1, -0.05) is 0 Å². The van der Waals surface area contributed by atoms with Gasteiger partial charge in [-0.15, -0.1) is 0 Å². The molecule has 0 aromatic carbocycles. The highest BCUT2D eigenvalue weighted by atomic mass is 16.5. The quantitative estimate of drug-likeness (QED) is 0.665. The van der Waals surface area contributed by atoms with Crippen molar-refractivity contribution in [3.05, 3.63) is 0 Å². The number of hydrazone groups is 2. The molecule has 4 atom stereocenters. The predicted molar refractivity (Wildman–Crippen MR) is 69.7 cm³/mol. The van der Waals surface area contributed by atoms with Crippen molar-refractivity contribution in [2.24, 2.45) is 28.0 Å². The van der Waals surface area contributed by atoms with Gasteiger partial charge in [-0.25, -0.2) is 0 Å². The van der Waals surface area contributed by atoms with Gasteiger partial charge in [-0.05, 0) is 18.8 Å². The largest absolute Gasteiger partial charge is 0.460 e. The molecule has 19 heavy (non-hydrogen) atoms. The zero-order valence-electron chi connectivity index (χ0n) is 10.8. The van der Waals surface area contributed by atoms with E-state index in [1.54, 1.807) is 0 Å². The molecule has 4 aliphatic rings. The fourth-order valence-corrected chi connectivity index (χ4v) is 3.55. The molecule has 0 saturated carbocycles. The van der Waals surface area contributed by atoms with Crippen LogP contribution in [-0.4, -0.2) is 60.7 Å². The second kappa shape index (κ2) is 4.21. The summed E-state index contributed by atoms with van der Waals surface area (Å²) in [5, 5.41) is 12.6. The fraction of sp³-hybridized carbons (Fsp3) is 0.769. The Morgan fingerprint density at radius 2 is 1.68 bits per heavy atom. The Labute approximate surface area is 112 Å². The molecule has 4 heterocycles. The van der Waals surface area contributed by atoms with Crippen LogP contribution in [0.3, 0.4) is 0 Å². The summed E-state index contributed by atoms with van der Waals surface area (Å²) in [5.41, 5.74) is 0. The molecule has 0 spiro atoms. The van der Waals surface area contributed by atoms with Crippen LogP contribution < -0.4 is 0 Å². The van der Waals surface area contributed by atoms with Crippen molar-refractivity contribution in [2.45, 2.75) is 18.9 Å². The summed E-state index contributed by atoms with van der Waals surface area (Å²) < 4.78 is 5.77. The summed E-state index contributed by atoms with van der Waals surface area (Å²) in [7, 11) is 0. The summed E-state index contributed by atoms with van der Waals surface area (Å²) in [5.74, 6) is 0.789. The van der Waals surface area contributed by atoms with E-state index in [-0.39, 0.29) is 18.0 Å².